The number of nitrogens with zero attached hydrogens (tertiary/aromatic N) is 2. The first-order valence-corrected chi connectivity index (χ1v) is 7.21. The molecule has 1 unspecified atom stereocenters. The number of amides is 2. The molecule has 1 aromatic rings. The molecule has 0 aliphatic carbocycles. The lowest BCUT2D eigenvalue weighted by Gasteiger charge is -2.09. The first-order valence-electron chi connectivity index (χ1n) is 6.33. The molecule has 2 rings (SSSR count). The van der Waals surface area contributed by atoms with Gasteiger partial charge in [0.2, 0.25) is 11.8 Å². The molecule has 0 bridgehead atoms. The van der Waals surface area contributed by atoms with Crippen LogP contribution in [0, 0.1) is 0 Å². The van der Waals surface area contributed by atoms with Gasteiger partial charge in [0.05, 0.1) is 0 Å². The lowest BCUT2D eigenvalue weighted by atomic mass is 10.2. The van der Waals surface area contributed by atoms with Gasteiger partial charge in [0.25, 0.3) is 0 Å². The summed E-state index contributed by atoms with van der Waals surface area (Å²) in [6.07, 6.45) is 0.180. The van der Waals surface area contributed by atoms with E-state index in [-0.39, 0.29) is 23.5 Å². The number of thioether (sulfide) groups is 1. The quantitative estimate of drug-likeness (QED) is 0.908. The van der Waals surface area contributed by atoms with E-state index in [1.54, 1.807) is 14.1 Å². The highest BCUT2D eigenvalue weighted by Crippen LogP contribution is 2.27. The fourth-order valence-electron chi connectivity index (χ4n) is 1.94. The average Bonchev–Trinajstić information content (AvgIpc) is 2.74. The first kappa shape index (κ1) is 14.6. The molecule has 1 aliphatic heterocycles. The van der Waals surface area contributed by atoms with E-state index in [1.165, 1.54) is 16.7 Å². The Kier molecular flexibility index (Phi) is 4.79. The average molecular weight is 291 g/mol. The van der Waals surface area contributed by atoms with Gasteiger partial charge in [-0.1, -0.05) is 42.1 Å². The van der Waals surface area contributed by atoms with Crippen LogP contribution in [-0.4, -0.2) is 41.2 Å². The predicted molar refractivity (Wildman–Crippen MR) is 80.4 cm³/mol. The molecule has 0 saturated carbocycles. The molecular formula is C14H17N3O2S. The second-order valence-corrected chi connectivity index (χ2v) is 5.65. The smallest absolute Gasteiger partial charge is 0.242 e. The van der Waals surface area contributed by atoms with Gasteiger partial charge in [-0.3, -0.25) is 19.5 Å². The summed E-state index contributed by atoms with van der Waals surface area (Å²) in [7, 11) is 3.32. The lowest BCUT2D eigenvalue weighted by Crippen LogP contribution is -2.32. The van der Waals surface area contributed by atoms with Crippen LogP contribution in [0.3, 0.4) is 0 Å². The molecule has 1 N–H and O–H groups in total. The van der Waals surface area contributed by atoms with Gasteiger partial charge in [0.15, 0.2) is 5.17 Å². The van der Waals surface area contributed by atoms with E-state index in [2.05, 4.69) is 10.3 Å². The van der Waals surface area contributed by atoms with Crippen molar-refractivity contribution in [3.63, 3.8) is 0 Å². The SMILES string of the molecule is CN=C1SC(CC(=O)NCc2ccccc2)C(=O)N1C. The van der Waals surface area contributed by atoms with E-state index >= 15 is 0 Å². The minimum absolute atomic E-state index is 0.0644. The van der Waals surface area contributed by atoms with Gasteiger partial charge in [0, 0.05) is 27.1 Å². The number of carbonyl (C=O) groups is 2. The van der Waals surface area contributed by atoms with Gasteiger partial charge in [0.1, 0.15) is 5.25 Å². The summed E-state index contributed by atoms with van der Waals surface area (Å²) in [4.78, 5) is 29.3. The number of amidine groups is 1. The summed E-state index contributed by atoms with van der Waals surface area (Å²) < 4.78 is 0. The third-order valence-corrected chi connectivity index (χ3v) is 4.36. The van der Waals surface area contributed by atoms with Crippen LogP contribution in [-0.2, 0) is 16.1 Å². The maximum Gasteiger partial charge on any atom is 0.242 e. The normalized spacial score (nSPS) is 20.5. The molecule has 1 saturated heterocycles. The molecule has 20 heavy (non-hydrogen) atoms. The number of hydrogen-bond acceptors (Lipinski definition) is 4. The van der Waals surface area contributed by atoms with E-state index < -0.39 is 0 Å². The minimum atomic E-state index is -0.366. The van der Waals surface area contributed by atoms with Crippen molar-refractivity contribution in [1.29, 1.82) is 0 Å². The summed E-state index contributed by atoms with van der Waals surface area (Å²) in [5.74, 6) is -0.184. The van der Waals surface area contributed by atoms with Crippen molar-refractivity contribution in [2.45, 2.75) is 18.2 Å². The number of rotatable bonds is 4. The summed E-state index contributed by atoms with van der Waals surface area (Å²) in [5.41, 5.74) is 1.04. The predicted octanol–water partition coefficient (Wildman–Crippen LogP) is 1.25. The number of nitrogens with one attached hydrogen (secondary N) is 1. The summed E-state index contributed by atoms with van der Waals surface area (Å²) in [5, 5.41) is 3.13. The summed E-state index contributed by atoms with van der Waals surface area (Å²) >= 11 is 1.34. The highest BCUT2D eigenvalue weighted by molar-refractivity contribution is 8.15. The van der Waals surface area contributed by atoms with Gasteiger partial charge in [-0.25, -0.2) is 0 Å². The Labute approximate surface area is 122 Å². The number of benzene rings is 1. The monoisotopic (exact) mass is 291 g/mol. The number of hydrogen-bond donors (Lipinski definition) is 1. The Morgan fingerprint density at radius 2 is 2.10 bits per heavy atom. The van der Waals surface area contributed by atoms with Crippen molar-refractivity contribution in [2.24, 2.45) is 4.99 Å². The molecule has 0 spiro atoms. The van der Waals surface area contributed by atoms with Crippen molar-refractivity contribution in [3.8, 4) is 0 Å². The van der Waals surface area contributed by atoms with Gasteiger partial charge in [-0.05, 0) is 5.56 Å². The molecule has 2 amide bonds. The van der Waals surface area contributed by atoms with E-state index in [9.17, 15) is 9.59 Å². The Morgan fingerprint density at radius 1 is 1.40 bits per heavy atom. The maximum absolute atomic E-state index is 11.9. The molecule has 1 aliphatic rings. The fourth-order valence-corrected chi connectivity index (χ4v) is 3.04. The zero-order valence-electron chi connectivity index (χ0n) is 11.5. The molecule has 6 heteroatoms. The second-order valence-electron chi connectivity index (χ2n) is 4.48. The zero-order chi connectivity index (χ0) is 14.5. The second kappa shape index (κ2) is 6.56. The Morgan fingerprint density at radius 3 is 2.70 bits per heavy atom. The van der Waals surface area contributed by atoms with Crippen LogP contribution in [0.1, 0.15) is 12.0 Å². The Balaban J connectivity index is 1.85. The van der Waals surface area contributed by atoms with Gasteiger partial charge in [-0.2, -0.15) is 0 Å². The third-order valence-electron chi connectivity index (χ3n) is 3.04. The van der Waals surface area contributed by atoms with Crippen molar-refractivity contribution in [3.05, 3.63) is 35.9 Å². The largest absolute Gasteiger partial charge is 0.352 e. The zero-order valence-corrected chi connectivity index (χ0v) is 12.3. The number of carbonyl (C=O) groups excluding carboxylic acids is 2. The molecule has 5 nitrogen and oxygen atoms in total. The minimum Gasteiger partial charge on any atom is -0.352 e. The van der Waals surface area contributed by atoms with Crippen LogP contribution < -0.4 is 5.32 Å². The Hall–Kier alpha value is -1.82. The molecule has 1 atom stereocenters. The molecule has 0 radical (unpaired) electrons. The van der Waals surface area contributed by atoms with Crippen LogP contribution in [0.25, 0.3) is 0 Å². The van der Waals surface area contributed by atoms with Crippen LogP contribution in [0.15, 0.2) is 35.3 Å². The standard InChI is InChI=1S/C14H17N3O2S/c1-15-14-17(2)13(19)11(20-14)8-12(18)16-9-10-6-4-3-5-7-10/h3-7,11H,8-9H2,1-2H3,(H,16,18). The molecule has 106 valence electrons. The van der Waals surface area contributed by atoms with Gasteiger partial charge in [-0.15, -0.1) is 0 Å². The summed E-state index contributed by atoms with van der Waals surface area (Å²) in [6.45, 7) is 0.482. The first-order chi connectivity index (χ1) is 9.61. The molecule has 0 aromatic heterocycles. The maximum atomic E-state index is 11.9. The lowest BCUT2D eigenvalue weighted by molar-refractivity contribution is -0.128. The van der Waals surface area contributed by atoms with E-state index in [0.29, 0.717) is 11.7 Å². The molecular weight excluding hydrogens is 274 g/mol. The van der Waals surface area contributed by atoms with E-state index in [0.717, 1.165) is 5.56 Å². The Bertz CT molecular complexity index is 530. The molecule has 1 heterocycles. The highest BCUT2D eigenvalue weighted by atomic mass is 32.2. The third kappa shape index (κ3) is 3.39. The van der Waals surface area contributed by atoms with Crippen LogP contribution >= 0.6 is 11.8 Å². The van der Waals surface area contributed by atoms with Crippen molar-refractivity contribution < 1.29 is 9.59 Å². The van der Waals surface area contributed by atoms with Crippen molar-refractivity contribution in [1.82, 2.24) is 10.2 Å². The highest BCUT2D eigenvalue weighted by Gasteiger charge is 2.36. The summed E-state index contributed by atoms with van der Waals surface area (Å²) in [6, 6.07) is 9.69. The van der Waals surface area contributed by atoms with Gasteiger partial charge >= 0.3 is 0 Å². The van der Waals surface area contributed by atoms with Crippen molar-refractivity contribution >= 4 is 28.7 Å². The fraction of sp³-hybridized carbons (Fsp3) is 0.357. The molecule has 1 fully saturated rings. The van der Waals surface area contributed by atoms with Crippen molar-refractivity contribution in [2.75, 3.05) is 14.1 Å². The van der Waals surface area contributed by atoms with E-state index in [4.69, 9.17) is 0 Å². The molecule has 1 aromatic carbocycles. The van der Waals surface area contributed by atoms with E-state index in [1.807, 2.05) is 30.3 Å². The van der Waals surface area contributed by atoms with Crippen LogP contribution in [0.5, 0.6) is 0 Å². The van der Waals surface area contributed by atoms with Crippen LogP contribution in [0.4, 0.5) is 0 Å². The van der Waals surface area contributed by atoms with Crippen LogP contribution in [0.2, 0.25) is 0 Å². The van der Waals surface area contributed by atoms with Gasteiger partial charge < -0.3 is 5.32 Å². The number of aliphatic imine (C=N–C) groups is 1. The topological polar surface area (TPSA) is 61.8 Å².